The Balaban J connectivity index is 1.77. The molecule has 1 saturated heterocycles. The number of aliphatic hydroxyl groups is 4. The molecule has 34 heavy (non-hydrogen) atoms. The van der Waals surface area contributed by atoms with Gasteiger partial charge in [0.2, 0.25) is 5.78 Å². The van der Waals surface area contributed by atoms with Crippen LogP contribution in [0.3, 0.4) is 0 Å². The van der Waals surface area contributed by atoms with Crippen molar-refractivity contribution in [3.05, 3.63) is 35.4 Å². The van der Waals surface area contributed by atoms with Crippen LogP contribution in [0.2, 0.25) is 0 Å². The molecule has 2 unspecified atom stereocenters. The molecule has 13 nitrogen and oxygen atoms in total. The van der Waals surface area contributed by atoms with Crippen LogP contribution in [0.5, 0.6) is 34.5 Å². The van der Waals surface area contributed by atoms with Crippen molar-refractivity contribution in [1.29, 1.82) is 0 Å². The largest absolute Gasteiger partial charge is 0.508 e. The predicted octanol–water partition coefficient (Wildman–Crippen LogP) is -1.28. The first-order valence-electron chi connectivity index (χ1n) is 10.0. The number of aromatic hydroxyl groups is 5. The van der Waals surface area contributed by atoms with Crippen LogP contribution >= 0.6 is 0 Å². The molecule has 0 aliphatic carbocycles. The van der Waals surface area contributed by atoms with E-state index >= 15 is 0 Å². The van der Waals surface area contributed by atoms with Gasteiger partial charge >= 0.3 is 0 Å². The fourth-order valence-corrected chi connectivity index (χ4v) is 3.90. The Hall–Kier alpha value is -3.33. The summed E-state index contributed by atoms with van der Waals surface area (Å²) in [7, 11) is 0. The van der Waals surface area contributed by atoms with E-state index in [2.05, 4.69) is 0 Å². The van der Waals surface area contributed by atoms with E-state index < -0.39 is 89.6 Å². The van der Waals surface area contributed by atoms with Crippen LogP contribution in [0.15, 0.2) is 24.3 Å². The van der Waals surface area contributed by atoms with Crippen LogP contribution in [0.4, 0.5) is 0 Å². The van der Waals surface area contributed by atoms with Crippen molar-refractivity contribution in [2.45, 2.75) is 42.9 Å². The van der Waals surface area contributed by atoms with Crippen molar-refractivity contribution >= 4 is 5.78 Å². The number of phenols is 5. The lowest BCUT2D eigenvalue weighted by molar-refractivity contribution is -0.311. The Bertz CT molecular complexity index is 1080. The minimum Gasteiger partial charge on any atom is -0.508 e. The maximum Gasteiger partial charge on any atom is 0.203 e. The quantitative estimate of drug-likeness (QED) is 0.232. The topological polar surface area (TPSA) is 227 Å². The van der Waals surface area contributed by atoms with E-state index in [9.17, 15) is 50.8 Å². The number of aliphatic hydroxyl groups excluding tert-OH is 4. The molecule has 2 aliphatic rings. The number of rotatable bonds is 4. The van der Waals surface area contributed by atoms with Gasteiger partial charge in [-0.2, -0.15) is 0 Å². The summed E-state index contributed by atoms with van der Waals surface area (Å²) in [6.07, 6.45) is -11.7. The summed E-state index contributed by atoms with van der Waals surface area (Å²) in [4.78, 5) is 13.3. The van der Waals surface area contributed by atoms with Gasteiger partial charge in [0.05, 0.1) is 6.61 Å². The van der Waals surface area contributed by atoms with E-state index in [0.717, 1.165) is 24.3 Å². The molecule has 2 aromatic carbocycles. The standard InChI is InChI=1S/C21H22O13/c22-5-12-15(28)17(30)18(31)21(33-12)34-20-16(29)13-8(24)3-7(23)4-11(13)32-19(20)6-1-9(25)14(27)10(26)2-6/h1-4,12,15,17-28,30-31H,5H2/t12-,15+,17+,18-,19?,20?,21+/m1/s1. The average molecular weight is 482 g/mol. The highest BCUT2D eigenvalue weighted by Crippen LogP contribution is 2.46. The molecule has 1 fully saturated rings. The van der Waals surface area contributed by atoms with Gasteiger partial charge in [-0.15, -0.1) is 0 Å². The first kappa shape index (κ1) is 23.8. The van der Waals surface area contributed by atoms with Crippen molar-refractivity contribution in [2.75, 3.05) is 6.61 Å². The number of Topliss-reactive ketones (excluding diaryl/α,β-unsaturated/α-hetero) is 1. The van der Waals surface area contributed by atoms with Crippen molar-refractivity contribution < 1.29 is 65.0 Å². The fourth-order valence-electron chi connectivity index (χ4n) is 3.90. The highest BCUT2D eigenvalue weighted by Gasteiger charge is 2.49. The molecule has 9 N–H and O–H groups in total. The summed E-state index contributed by atoms with van der Waals surface area (Å²) in [6, 6.07) is 3.84. The zero-order valence-electron chi connectivity index (χ0n) is 17.2. The van der Waals surface area contributed by atoms with Crippen LogP contribution < -0.4 is 4.74 Å². The zero-order chi connectivity index (χ0) is 24.9. The van der Waals surface area contributed by atoms with Gasteiger partial charge in [0.25, 0.3) is 0 Å². The van der Waals surface area contributed by atoms with E-state index in [-0.39, 0.29) is 11.3 Å². The Labute approximate surface area is 190 Å². The van der Waals surface area contributed by atoms with E-state index in [4.69, 9.17) is 14.2 Å². The average Bonchev–Trinajstić information content (AvgIpc) is 2.78. The van der Waals surface area contributed by atoms with Crippen LogP contribution in [0.1, 0.15) is 22.0 Å². The fraction of sp³-hybridized carbons (Fsp3) is 0.381. The summed E-state index contributed by atoms with van der Waals surface area (Å²) < 4.78 is 16.6. The van der Waals surface area contributed by atoms with E-state index in [1.54, 1.807) is 0 Å². The van der Waals surface area contributed by atoms with Crippen LogP contribution in [0, 0.1) is 0 Å². The smallest absolute Gasteiger partial charge is 0.203 e. The van der Waals surface area contributed by atoms with E-state index in [1.165, 1.54) is 0 Å². The molecule has 4 rings (SSSR count). The third-order valence-electron chi connectivity index (χ3n) is 5.65. The Morgan fingerprint density at radius 3 is 2.12 bits per heavy atom. The van der Waals surface area contributed by atoms with Crippen molar-refractivity contribution in [2.24, 2.45) is 0 Å². The van der Waals surface area contributed by atoms with Gasteiger partial charge in [0.1, 0.15) is 47.2 Å². The van der Waals surface area contributed by atoms with Crippen molar-refractivity contribution in [3.8, 4) is 34.5 Å². The molecule has 0 spiro atoms. The molecule has 184 valence electrons. The van der Waals surface area contributed by atoms with Crippen LogP contribution in [-0.2, 0) is 9.47 Å². The number of hydrogen-bond acceptors (Lipinski definition) is 13. The molecule has 2 heterocycles. The maximum absolute atomic E-state index is 13.3. The molecule has 0 aromatic heterocycles. The van der Waals surface area contributed by atoms with Crippen LogP contribution in [-0.4, -0.2) is 95.2 Å². The SMILES string of the molecule is O=C1c2c(O)cc(O)cc2OC(c2cc(O)c(O)c(O)c2)C1O[C@@H]1O[C@H](CO)[C@H](O)[C@H](O)[C@H]1O. The summed E-state index contributed by atoms with van der Waals surface area (Å²) in [6.45, 7) is -0.758. The lowest BCUT2D eigenvalue weighted by atomic mass is 9.91. The Kier molecular flexibility index (Phi) is 6.16. The second-order valence-electron chi connectivity index (χ2n) is 7.90. The number of benzene rings is 2. The van der Waals surface area contributed by atoms with E-state index in [0.29, 0.717) is 0 Å². The molecule has 13 heteroatoms. The van der Waals surface area contributed by atoms with Gasteiger partial charge in [-0.05, 0) is 12.1 Å². The number of carbonyl (C=O) groups is 1. The highest BCUT2D eigenvalue weighted by atomic mass is 16.7. The van der Waals surface area contributed by atoms with Crippen LogP contribution in [0.25, 0.3) is 0 Å². The van der Waals surface area contributed by atoms with Crippen molar-refractivity contribution in [1.82, 2.24) is 0 Å². The number of phenolic OH excluding ortho intramolecular Hbond substituents is 5. The number of ether oxygens (including phenoxy) is 3. The second-order valence-corrected chi connectivity index (χ2v) is 7.90. The lowest BCUT2D eigenvalue weighted by Gasteiger charge is -2.42. The zero-order valence-corrected chi connectivity index (χ0v) is 17.2. The summed E-state index contributed by atoms with van der Waals surface area (Å²) in [5.74, 6) is -4.65. The van der Waals surface area contributed by atoms with Gasteiger partial charge in [0, 0.05) is 17.7 Å². The van der Waals surface area contributed by atoms with Gasteiger partial charge in [-0.25, -0.2) is 0 Å². The summed E-state index contributed by atoms with van der Waals surface area (Å²) in [5, 5.41) is 89.2. The number of fused-ring (bicyclic) bond motifs is 1. The molecule has 0 saturated carbocycles. The molecule has 2 aliphatic heterocycles. The summed E-state index contributed by atoms with van der Waals surface area (Å²) in [5.41, 5.74) is -0.486. The van der Waals surface area contributed by atoms with Gasteiger partial charge in [-0.1, -0.05) is 0 Å². The molecular weight excluding hydrogens is 460 g/mol. The molecule has 0 amide bonds. The highest BCUT2D eigenvalue weighted by molar-refractivity contribution is 6.05. The molecule has 0 bridgehead atoms. The monoisotopic (exact) mass is 482 g/mol. The number of carbonyl (C=O) groups excluding carboxylic acids is 1. The molecule has 0 radical (unpaired) electrons. The minimum absolute atomic E-state index is 0.0933. The first-order chi connectivity index (χ1) is 16.0. The third kappa shape index (κ3) is 3.94. The van der Waals surface area contributed by atoms with E-state index in [1.807, 2.05) is 0 Å². The molecular formula is C21H22O13. The number of hydrogen-bond donors (Lipinski definition) is 9. The lowest BCUT2D eigenvalue weighted by Crippen LogP contribution is -2.60. The van der Waals surface area contributed by atoms with Gasteiger partial charge < -0.3 is 60.2 Å². The third-order valence-corrected chi connectivity index (χ3v) is 5.65. The first-order valence-corrected chi connectivity index (χ1v) is 10.0. The normalized spacial score (nSPS) is 31.1. The second kappa shape index (κ2) is 8.79. The minimum atomic E-state index is -1.87. The molecule has 7 atom stereocenters. The van der Waals surface area contributed by atoms with Gasteiger partial charge in [0.15, 0.2) is 35.7 Å². The van der Waals surface area contributed by atoms with Gasteiger partial charge in [-0.3, -0.25) is 4.79 Å². The number of ketones is 1. The van der Waals surface area contributed by atoms with Crippen molar-refractivity contribution in [3.63, 3.8) is 0 Å². The molecule has 2 aromatic rings. The summed E-state index contributed by atoms with van der Waals surface area (Å²) >= 11 is 0. The maximum atomic E-state index is 13.3. The Morgan fingerprint density at radius 2 is 1.50 bits per heavy atom. The Morgan fingerprint density at radius 1 is 0.853 bits per heavy atom. The predicted molar refractivity (Wildman–Crippen MR) is 108 cm³/mol.